The zero-order valence-corrected chi connectivity index (χ0v) is 7.64. The average Bonchev–Trinajstić information content (AvgIpc) is 2.71. The maximum Gasteiger partial charge on any atom is 0.0991 e. The highest BCUT2D eigenvalue weighted by molar-refractivity contribution is 5.35. The minimum absolute atomic E-state index is 1.07. The van der Waals surface area contributed by atoms with E-state index < -0.39 is 0 Å². The summed E-state index contributed by atoms with van der Waals surface area (Å²) in [5.41, 5.74) is 2.53. The number of nitrogens with zero attached hydrogens (tertiary/aromatic N) is 2. The van der Waals surface area contributed by atoms with E-state index in [1.165, 1.54) is 11.3 Å². The summed E-state index contributed by atoms with van der Waals surface area (Å²) in [5.74, 6) is 0. The van der Waals surface area contributed by atoms with Crippen molar-refractivity contribution in [3.05, 3.63) is 48.5 Å². The maximum atomic E-state index is 4.02. The average molecular weight is 172 g/mol. The second kappa shape index (κ2) is 3.44. The first-order valence-electron chi connectivity index (χ1n) is 4.47. The molecular weight excluding hydrogens is 160 g/mol. The van der Waals surface area contributed by atoms with Gasteiger partial charge < -0.3 is 4.57 Å². The van der Waals surface area contributed by atoms with Gasteiger partial charge in [-0.25, -0.2) is 4.98 Å². The van der Waals surface area contributed by atoms with Crippen LogP contribution in [0.5, 0.6) is 0 Å². The van der Waals surface area contributed by atoms with Crippen LogP contribution in [-0.4, -0.2) is 9.55 Å². The Morgan fingerprint density at radius 2 is 2.31 bits per heavy atom. The fourth-order valence-corrected chi connectivity index (χ4v) is 1.35. The van der Waals surface area contributed by atoms with Crippen LogP contribution in [0.1, 0.15) is 12.5 Å². The molecule has 0 unspecified atom stereocenters. The predicted octanol–water partition coefficient (Wildman–Crippen LogP) is 2.43. The van der Waals surface area contributed by atoms with E-state index in [2.05, 4.69) is 36.2 Å². The fraction of sp³-hybridized carbons (Fsp3) is 0.182. The molecule has 1 aromatic carbocycles. The van der Waals surface area contributed by atoms with Gasteiger partial charge in [0.1, 0.15) is 0 Å². The second-order valence-electron chi connectivity index (χ2n) is 2.99. The highest BCUT2D eigenvalue weighted by Crippen LogP contribution is 2.10. The Morgan fingerprint density at radius 1 is 1.38 bits per heavy atom. The van der Waals surface area contributed by atoms with E-state index in [9.17, 15) is 0 Å². The van der Waals surface area contributed by atoms with Crippen molar-refractivity contribution < 1.29 is 0 Å². The molecule has 1 heterocycles. The molecule has 13 heavy (non-hydrogen) atoms. The van der Waals surface area contributed by atoms with Crippen molar-refractivity contribution in [3.8, 4) is 5.69 Å². The third kappa shape index (κ3) is 1.61. The van der Waals surface area contributed by atoms with Crippen molar-refractivity contribution in [1.82, 2.24) is 9.55 Å². The SMILES string of the molecule is CCc1cccc(-n2ccnc2)c1. The predicted molar refractivity (Wildman–Crippen MR) is 52.9 cm³/mol. The Kier molecular flexibility index (Phi) is 2.13. The summed E-state index contributed by atoms with van der Waals surface area (Å²) < 4.78 is 2.01. The highest BCUT2D eigenvalue weighted by Gasteiger charge is 1.95. The summed E-state index contributed by atoms with van der Waals surface area (Å²) in [6.07, 6.45) is 6.63. The molecule has 2 heteroatoms. The van der Waals surface area contributed by atoms with Crippen molar-refractivity contribution in [2.45, 2.75) is 13.3 Å². The van der Waals surface area contributed by atoms with Crippen LogP contribution < -0.4 is 0 Å². The van der Waals surface area contributed by atoms with E-state index in [0.717, 1.165) is 6.42 Å². The number of imidazole rings is 1. The van der Waals surface area contributed by atoms with Gasteiger partial charge in [0.05, 0.1) is 6.33 Å². The molecule has 66 valence electrons. The van der Waals surface area contributed by atoms with E-state index >= 15 is 0 Å². The fourth-order valence-electron chi connectivity index (χ4n) is 1.35. The molecule has 2 nitrogen and oxygen atoms in total. The van der Waals surface area contributed by atoms with E-state index in [1.807, 2.05) is 17.1 Å². The van der Waals surface area contributed by atoms with Crippen LogP contribution in [0.3, 0.4) is 0 Å². The van der Waals surface area contributed by atoms with Crippen molar-refractivity contribution in [2.75, 3.05) is 0 Å². The summed E-state index contributed by atoms with van der Waals surface area (Å²) in [4.78, 5) is 4.02. The molecule has 0 atom stereocenters. The number of aryl methyl sites for hydroxylation is 1. The second-order valence-corrected chi connectivity index (χ2v) is 2.99. The van der Waals surface area contributed by atoms with Crippen LogP contribution in [0.2, 0.25) is 0 Å². The van der Waals surface area contributed by atoms with Gasteiger partial charge in [0.15, 0.2) is 0 Å². The van der Waals surface area contributed by atoms with Gasteiger partial charge in [0.2, 0.25) is 0 Å². The Hall–Kier alpha value is -1.57. The summed E-state index contributed by atoms with van der Waals surface area (Å²) in [6.45, 7) is 2.16. The van der Waals surface area contributed by atoms with Crippen LogP contribution in [0, 0.1) is 0 Å². The molecule has 0 aliphatic heterocycles. The number of hydrogen-bond acceptors (Lipinski definition) is 1. The molecule has 0 aliphatic carbocycles. The number of aromatic nitrogens is 2. The number of hydrogen-bond donors (Lipinski definition) is 0. The maximum absolute atomic E-state index is 4.02. The summed E-state index contributed by atoms with van der Waals surface area (Å²) >= 11 is 0. The third-order valence-corrected chi connectivity index (χ3v) is 2.12. The van der Waals surface area contributed by atoms with Crippen LogP contribution in [0.4, 0.5) is 0 Å². The zero-order chi connectivity index (χ0) is 9.10. The van der Waals surface area contributed by atoms with E-state index in [0.29, 0.717) is 0 Å². The summed E-state index contributed by atoms with van der Waals surface area (Å²) in [6, 6.07) is 8.48. The van der Waals surface area contributed by atoms with Crippen LogP contribution in [0.25, 0.3) is 5.69 Å². The Balaban J connectivity index is 2.41. The van der Waals surface area contributed by atoms with Gasteiger partial charge in [0.25, 0.3) is 0 Å². The lowest BCUT2D eigenvalue weighted by molar-refractivity contribution is 1.04. The largest absolute Gasteiger partial charge is 0.306 e. The topological polar surface area (TPSA) is 17.8 Å². The molecule has 2 aromatic rings. The van der Waals surface area contributed by atoms with Crippen molar-refractivity contribution >= 4 is 0 Å². The van der Waals surface area contributed by atoms with Crippen molar-refractivity contribution in [1.29, 1.82) is 0 Å². The van der Waals surface area contributed by atoms with Gasteiger partial charge in [-0.15, -0.1) is 0 Å². The molecule has 2 rings (SSSR count). The van der Waals surface area contributed by atoms with Crippen LogP contribution in [0.15, 0.2) is 43.0 Å². The Labute approximate surface area is 77.9 Å². The molecule has 0 N–H and O–H groups in total. The minimum Gasteiger partial charge on any atom is -0.306 e. The molecule has 0 fully saturated rings. The monoisotopic (exact) mass is 172 g/mol. The lowest BCUT2D eigenvalue weighted by atomic mass is 10.1. The van der Waals surface area contributed by atoms with Gasteiger partial charge >= 0.3 is 0 Å². The van der Waals surface area contributed by atoms with E-state index in [-0.39, 0.29) is 0 Å². The van der Waals surface area contributed by atoms with Gasteiger partial charge in [-0.05, 0) is 24.1 Å². The molecule has 0 bridgehead atoms. The first-order chi connectivity index (χ1) is 6.40. The standard InChI is InChI=1S/C11H12N2/c1-2-10-4-3-5-11(8-10)13-7-6-12-9-13/h3-9H,2H2,1H3. The lowest BCUT2D eigenvalue weighted by Gasteiger charge is -2.03. The lowest BCUT2D eigenvalue weighted by Crippen LogP contribution is -1.90. The van der Waals surface area contributed by atoms with Crippen molar-refractivity contribution in [2.24, 2.45) is 0 Å². The van der Waals surface area contributed by atoms with Crippen LogP contribution >= 0.6 is 0 Å². The van der Waals surface area contributed by atoms with Crippen LogP contribution in [-0.2, 0) is 6.42 Å². The van der Waals surface area contributed by atoms with Crippen molar-refractivity contribution in [3.63, 3.8) is 0 Å². The molecule has 0 radical (unpaired) electrons. The molecular formula is C11H12N2. The van der Waals surface area contributed by atoms with Gasteiger partial charge in [-0.1, -0.05) is 19.1 Å². The summed E-state index contributed by atoms with van der Waals surface area (Å²) in [5, 5.41) is 0. The first-order valence-corrected chi connectivity index (χ1v) is 4.47. The van der Waals surface area contributed by atoms with E-state index in [4.69, 9.17) is 0 Å². The molecule has 0 saturated carbocycles. The van der Waals surface area contributed by atoms with Gasteiger partial charge in [0, 0.05) is 18.1 Å². The quantitative estimate of drug-likeness (QED) is 0.680. The molecule has 0 aliphatic rings. The molecule has 0 spiro atoms. The molecule has 0 amide bonds. The molecule has 0 saturated heterocycles. The normalized spacial score (nSPS) is 10.2. The number of rotatable bonds is 2. The van der Waals surface area contributed by atoms with E-state index in [1.54, 1.807) is 6.20 Å². The Morgan fingerprint density at radius 3 is 3.00 bits per heavy atom. The third-order valence-electron chi connectivity index (χ3n) is 2.12. The summed E-state index contributed by atoms with van der Waals surface area (Å²) in [7, 11) is 0. The van der Waals surface area contributed by atoms with Gasteiger partial charge in [-0.3, -0.25) is 0 Å². The number of benzene rings is 1. The smallest absolute Gasteiger partial charge is 0.0991 e. The van der Waals surface area contributed by atoms with Gasteiger partial charge in [-0.2, -0.15) is 0 Å². The zero-order valence-electron chi connectivity index (χ0n) is 7.64. The molecule has 1 aromatic heterocycles. The first kappa shape index (κ1) is 8.05. The Bertz CT molecular complexity index is 377. The minimum atomic E-state index is 1.07. The highest BCUT2D eigenvalue weighted by atomic mass is 15.0.